The van der Waals surface area contributed by atoms with Gasteiger partial charge in [-0.2, -0.15) is 0 Å². The van der Waals surface area contributed by atoms with Crippen molar-refractivity contribution in [3.63, 3.8) is 0 Å². The summed E-state index contributed by atoms with van der Waals surface area (Å²) in [6.45, 7) is 4.57. The van der Waals surface area contributed by atoms with E-state index in [2.05, 4.69) is 6.92 Å². The molecule has 0 saturated heterocycles. The highest BCUT2D eigenvalue weighted by Gasteiger charge is 2.55. The van der Waals surface area contributed by atoms with Crippen LogP contribution in [0.15, 0.2) is 0 Å². The van der Waals surface area contributed by atoms with Crippen molar-refractivity contribution in [1.82, 2.24) is 0 Å². The van der Waals surface area contributed by atoms with Gasteiger partial charge in [0.1, 0.15) is 5.78 Å². The third kappa shape index (κ3) is 2.24. The van der Waals surface area contributed by atoms with E-state index < -0.39 is 0 Å². The van der Waals surface area contributed by atoms with E-state index in [4.69, 9.17) is 5.11 Å². The van der Waals surface area contributed by atoms with Gasteiger partial charge in [0, 0.05) is 12.5 Å². The lowest BCUT2D eigenvalue weighted by Gasteiger charge is -2.51. The molecule has 0 spiro atoms. The van der Waals surface area contributed by atoms with Crippen LogP contribution in [0, 0.1) is 35.0 Å². The van der Waals surface area contributed by atoms with Gasteiger partial charge in [-0.1, -0.05) is 13.3 Å². The van der Waals surface area contributed by atoms with Crippen LogP contribution in [-0.4, -0.2) is 17.5 Å². The number of Topliss-reactive ketones (excluding diaryl/α,β-unsaturated/α-hetero) is 1. The summed E-state index contributed by atoms with van der Waals surface area (Å²) in [7, 11) is 0. The lowest BCUT2D eigenvalue weighted by atomic mass is 9.53. The molecular formula is C18H30O2. The van der Waals surface area contributed by atoms with Crippen LogP contribution in [0.5, 0.6) is 0 Å². The van der Waals surface area contributed by atoms with E-state index in [0.717, 1.165) is 36.5 Å². The highest BCUT2D eigenvalue weighted by atomic mass is 16.3. The molecule has 0 aliphatic heterocycles. The number of aliphatic hydroxyl groups excluding tert-OH is 1. The molecule has 6 atom stereocenters. The Labute approximate surface area is 123 Å². The Bertz CT molecular complexity index is 378. The minimum Gasteiger partial charge on any atom is -0.396 e. The maximum Gasteiger partial charge on any atom is 0.133 e. The molecule has 0 aromatic carbocycles. The van der Waals surface area contributed by atoms with E-state index >= 15 is 0 Å². The zero-order valence-corrected chi connectivity index (χ0v) is 13.1. The fraction of sp³-hybridized carbons (Fsp3) is 0.944. The Morgan fingerprint density at radius 1 is 1.20 bits per heavy atom. The lowest BCUT2D eigenvalue weighted by Crippen LogP contribution is -2.45. The number of carbonyl (C=O) groups excluding carboxylic acids is 1. The number of ketones is 1. The van der Waals surface area contributed by atoms with E-state index in [-0.39, 0.29) is 0 Å². The quantitative estimate of drug-likeness (QED) is 0.852. The summed E-state index contributed by atoms with van der Waals surface area (Å²) in [5, 5.41) is 9.16. The second-order valence-electron chi connectivity index (χ2n) is 8.01. The lowest BCUT2D eigenvalue weighted by molar-refractivity contribution is -0.126. The third-order valence-corrected chi connectivity index (χ3v) is 7.16. The van der Waals surface area contributed by atoms with Gasteiger partial charge in [0.2, 0.25) is 0 Å². The van der Waals surface area contributed by atoms with E-state index in [1.165, 1.54) is 38.5 Å². The van der Waals surface area contributed by atoms with Gasteiger partial charge in [-0.05, 0) is 81.0 Å². The molecule has 3 saturated carbocycles. The van der Waals surface area contributed by atoms with Gasteiger partial charge in [0.25, 0.3) is 0 Å². The van der Waals surface area contributed by atoms with Crippen molar-refractivity contribution >= 4 is 5.78 Å². The molecule has 3 fully saturated rings. The fourth-order valence-corrected chi connectivity index (χ4v) is 6.18. The Hall–Kier alpha value is -0.370. The first-order valence-corrected chi connectivity index (χ1v) is 8.67. The number of rotatable bonds is 3. The van der Waals surface area contributed by atoms with Crippen molar-refractivity contribution in [2.45, 2.75) is 65.2 Å². The Balaban J connectivity index is 1.73. The smallest absolute Gasteiger partial charge is 0.133 e. The Morgan fingerprint density at radius 2 is 2.00 bits per heavy atom. The normalized spacial score (nSPS) is 47.6. The summed E-state index contributed by atoms with van der Waals surface area (Å²) in [4.78, 5) is 12.0. The van der Waals surface area contributed by atoms with Crippen LogP contribution in [0.2, 0.25) is 0 Å². The van der Waals surface area contributed by atoms with Crippen molar-refractivity contribution in [2.24, 2.45) is 35.0 Å². The van der Waals surface area contributed by atoms with Gasteiger partial charge >= 0.3 is 0 Å². The molecule has 20 heavy (non-hydrogen) atoms. The van der Waals surface area contributed by atoms with Crippen LogP contribution in [0.25, 0.3) is 0 Å². The van der Waals surface area contributed by atoms with Gasteiger partial charge in [-0.25, -0.2) is 0 Å². The van der Waals surface area contributed by atoms with Crippen LogP contribution >= 0.6 is 0 Å². The van der Waals surface area contributed by atoms with Gasteiger partial charge in [0.05, 0.1) is 0 Å². The summed E-state index contributed by atoms with van der Waals surface area (Å²) >= 11 is 0. The Kier molecular flexibility index (Phi) is 3.96. The predicted molar refractivity (Wildman–Crippen MR) is 80.3 cm³/mol. The summed E-state index contributed by atoms with van der Waals surface area (Å²) < 4.78 is 0. The molecule has 3 aliphatic rings. The molecule has 3 aliphatic carbocycles. The molecule has 0 radical (unpaired) electrons. The van der Waals surface area contributed by atoms with Crippen molar-refractivity contribution in [2.75, 3.05) is 6.61 Å². The van der Waals surface area contributed by atoms with Gasteiger partial charge in [0.15, 0.2) is 0 Å². The largest absolute Gasteiger partial charge is 0.396 e. The monoisotopic (exact) mass is 278 g/mol. The van der Waals surface area contributed by atoms with Crippen LogP contribution in [0.3, 0.4) is 0 Å². The van der Waals surface area contributed by atoms with E-state index in [1.54, 1.807) is 0 Å². The van der Waals surface area contributed by atoms with Crippen molar-refractivity contribution in [3.8, 4) is 0 Å². The van der Waals surface area contributed by atoms with Crippen molar-refractivity contribution in [1.29, 1.82) is 0 Å². The molecule has 3 unspecified atom stereocenters. The molecule has 114 valence electrons. The number of hydrogen-bond acceptors (Lipinski definition) is 2. The predicted octanol–water partition coefficient (Wildman–Crippen LogP) is 3.82. The second-order valence-corrected chi connectivity index (χ2v) is 8.01. The zero-order valence-electron chi connectivity index (χ0n) is 13.1. The highest BCUT2D eigenvalue weighted by Crippen LogP contribution is 2.62. The fourth-order valence-electron chi connectivity index (χ4n) is 6.18. The maximum absolute atomic E-state index is 12.0. The number of fused-ring (bicyclic) bond motifs is 3. The maximum atomic E-state index is 12.0. The SMILES string of the molecule is CC(=O)[C@@H]1CCC2C3CC[C@@H](CCO)CC3CC[C@@]21C. The first-order chi connectivity index (χ1) is 9.56. The topological polar surface area (TPSA) is 37.3 Å². The molecule has 0 aromatic heterocycles. The standard InChI is InChI=1S/C18H30O2/c1-12(20)16-5-6-17-15-4-3-13(8-10-19)11-14(15)7-9-18(16,17)2/h13-17,19H,3-11H2,1-2H3/t13-,14?,15?,16-,17?,18+/m0/s1. The molecule has 2 heteroatoms. The van der Waals surface area contributed by atoms with Crippen LogP contribution in [0.4, 0.5) is 0 Å². The summed E-state index contributed by atoms with van der Waals surface area (Å²) in [6.07, 6.45) is 9.99. The molecule has 0 amide bonds. The van der Waals surface area contributed by atoms with Crippen molar-refractivity contribution in [3.05, 3.63) is 0 Å². The summed E-state index contributed by atoms with van der Waals surface area (Å²) in [5.41, 5.74) is 0.302. The Morgan fingerprint density at radius 3 is 2.70 bits per heavy atom. The van der Waals surface area contributed by atoms with Crippen LogP contribution in [-0.2, 0) is 4.79 Å². The first kappa shape index (κ1) is 14.6. The van der Waals surface area contributed by atoms with E-state index in [9.17, 15) is 4.79 Å². The molecule has 2 nitrogen and oxygen atoms in total. The summed E-state index contributed by atoms with van der Waals surface area (Å²) in [6, 6.07) is 0. The molecule has 0 aromatic rings. The molecule has 0 heterocycles. The number of carbonyl (C=O) groups is 1. The highest BCUT2D eigenvalue weighted by molar-refractivity contribution is 5.79. The second kappa shape index (κ2) is 5.44. The van der Waals surface area contributed by atoms with Crippen molar-refractivity contribution < 1.29 is 9.90 Å². The summed E-state index contributed by atoms with van der Waals surface area (Å²) in [5.74, 6) is 4.07. The number of hydrogen-bond donors (Lipinski definition) is 1. The van der Waals surface area contributed by atoms with Gasteiger partial charge < -0.3 is 5.11 Å². The third-order valence-electron chi connectivity index (χ3n) is 7.16. The van der Waals surface area contributed by atoms with E-state index in [0.29, 0.717) is 23.7 Å². The average molecular weight is 278 g/mol. The molecular weight excluding hydrogens is 248 g/mol. The van der Waals surface area contributed by atoms with Gasteiger partial charge in [-0.15, -0.1) is 0 Å². The van der Waals surface area contributed by atoms with Gasteiger partial charge in [-0.3, -0.25) is 4.79 Å². The minimum absolute atomic E-state index is 0.302. The van der Waals surface area contributed by atoms with Crippen LogP contribution in [0.1, 0.15) is 65.2 Å². The average Bonchev–Trinajstić information content (AvgIpc) is 2.77. The molecule has 0 bridgehead atoms. The first-order valence-electron chi connectivity index (χ1n) is 8.67. The van der Waals surface area contributed by atoms with Crippen LogP contribution < -0.4 is 0 Å². The minimum atomic E-state index is 0.302. The van der Waals surface area contributed by atoms with E-state index in [1.807, 2.05) is 6.92 Å². The molecule has 3 rings (SSSR count). The number of aliphatic hydroxyl groups is 1. The molecule has 1 N–H and O–H groups in total. The zero-order chi connectivity index (χ0) is 14.3.